The van der Waals surface area contributed by atoms with Gasteiger partial charge in [0.1, 0.15) is 0 Å². The molecule has 0 saturated heterocycles. The van der Waals surface area contributed by atoms with E-state index in [1.165, 1.54) is 0 Å². The minimum atomic E-state index is -0.512. The molecule has 2 unspecified atom stereocenters. The molecule has 1 aromatic heterocycles. The lowest BCUT2D eigenvalue weighted by molar-refractivity contribution is 0.150. The van der Waals surface area contributed by atoms with E-state index in [1.54, 1.807) is 11.3 Å². The van der Waals surface area contributed by atoms with Crippen LogP contribution in [0.15, 0.2) is 41.8 Å². The molecule has 0 aliphatic heterocycles. The maximum Gasteiger partial charge on any atom is 0.0964 e. The Hall–Kier alpha value is -1.16. The Morgan fingerprint density at radius 2 is 1.94 bits per heavy atom. The number of hydrogen-bond acceptors (Lipinski definition) is 3. The van der Waals surface area contributed by atoms with Gasteiger partial charge in [-0.3, -0.25) is 0 Å². The molecule has 0 fully saturated rings. The lowest BCUT2D eigenvalue weighted by Gasteiger charge is -2.21. The first-order valence-corrected chi connectivity index (χ1v) is 6.59. The predicted molar refractivity (Wildman–Crippen MR) is 72.3 cm³/mol. The van der Waals surface area contributed by atoms with Crippen molar-refractivity contribution < 1.29 is 5.11 Å². The third kappa shape index (κ3) is 2.57. The molecular weight excluding hydrogens is 230 g/mol. The highest BCUT2D eigenvalue weighted by Gasteiger charge is 2.23. The van der Waals surface area contributed by atoms with Crippen molar-refractivity contribution in [1.29, 1.82) is 0 Å². The van der Waals surface area contributed by atoms with Crippen LogP contribution in [0.3, 0.4) is 0 Å². The molecule has 0 radical (unpaired) electrons. The molecule has 0 spiro atoms. The smallest absolute Gasteiger partial charge is 0.0964 e. The van der Waals surface area contributed by atoms with E-state index in [4.69, 9.17) is 5.73 Å². The van der Waals surface area contributed by atoms with Gasteiger partial charge in [-0.2, -0.15) is 0 Å². The van der Waals surface area contributed by atoms with Crippen molar-refractivity contribution in [3.63, 3.8) is 0 Å². The van der Waals surface area contributed by atoms with Gasteiger partial charge in [-0.15, -0.1) is 11.3 Å². The van der Waals surface area contributed by atoms with E-state index < -0.39 is 6.10 Å². The molecule has 2 rings (SSSR count). The summed E-state index contributed by atoms with van der Waals surface area (Å²) in [5.74, 6) is -0.0338. The van der Waals surface area contributed by atoms with Gasteiger partial charge in [0.2, 0.25) is 0 Å². The van der Waals surface area contributed by atoms with Gasteiger partial charge in [-0.25, -0.2) is 0 Å². The fourth-order valence-corrected chi connectivity index (χ4v) is 2.99. The zero-order chi connectivity index (χ0) is 12.3. The van der Waals surface area contributed by atoms with Gasteiger partial charge in [0.25, 0.3) is 0 Å². The number of thiophene rings is 1. The van der Waals surface area contributed by atoms with E-state index in [1.807, 2.05) is 48.7 Å². The highest BCUT2D eigenvalue weighted by molar-refractivity contribution is 7.10. The first-order valence-electron chi connectivity index (χ1n) is 5.71. The summed E-state index contributed by atoms with van der Waals surface area (Å²) in [6, 6.07) is 12.0. The molecule has 2 nitrogen and oxygen atoms in total. The second-order valence-corrected chi connectivity index (χ2v) is 5.11. The van der Waals surface area contributed by atoms with Crippen molar-refractivity contribution in [2.75, 3.05) is 6.54 Å². The van der Waals surface area contributed by atoms with E-state index in [-0.39, 0.29) is 5.92 Å². The summed E-state index contributed by atoms with van der Waals surface area (Å²) in [5, 5.41) is 12.4. The van der Waals surface area contributed by atoms with Gasteiger partial charge < -0.3 is 10.8 Å². The third-order valence-corrected chi connectivity index (χ3v) is 4.12. The van der Waals surface area contributed by atoms with Gasteiger partial charge >= 0.3 is 0 Å². The van der Waals surface area contributed by atoms with E-state index >= 15 is 0 Å². The Labute approximate surface area is 106 Å². The summed E-state index contributed by atoms with van der Waals surface area (Å²) < 4.78 is 0. The van der Waals surface area contributed by atoms with Crippen LogP contribution in [0.1, 0.15) is 28.0 Å². The van der Waals surface area contributed by atoms with Crippen LogP contribution < -0.4 is 5.73 Å². The number of benzene rings is 1. The molecule has 17 heavy (non-hydrogen) atoms. The quantitative estimate of drug-likeness (QED) is 0.872. The Kier molecular flexibility index (Phi) is 3.94. The number of aliphatic hydroxyl groups is 1. The highest BCUT2D eigenvalue weighted by Crippen LogP contribution is 2.34. The molecule has 1 aromatic carbocycles. The molecule has 2 atom stereocenters. The van der Waals surface area contributed by atoms with Crippen molar-refractivity contribution in [3.8, 4) is 0 Å². The molecule has 0 aliphatic carbocycles. The summed E-state index contributed by atoms with van der Waals surface area (Å²) in [4.78, 5) is 1.02. The van der Waals surface area contributed by atoms with Crippen molar-refractivity contribution in [2.45, 2.75) is 18.9 Å². The molecule has 0 amide bonds. The minimum absolute atomic E-state index is 0.0338. The molecular formula is C14H17NOS. The molecule has 0 saturated carbocycles. The van der Waals surface area contributed by atoms with Crippen LogP contribution in [-0.4, -0.2) is 11.7 Å². The molecule has 0 bridgehead atoms. The van der Waals surface area contributed by atoms with Crippen LogP contribution in [-0.2, 0) is 0 Å². The Bertz CT molecular complexity index is 466. The van der Waals surface area contributed by atoms with Crippen molar-refractivity contribution in [2.24, 2.45) is 5.73 Å². The Morgan fingerprint density at radius 1 is 1.24 bits per heavy atom. The third-order valence-electron chi connectivity index (χ3n) is 3.03. The largest absolute Gasteiger partial charge is 0.387 e. The number of hydrogen-bond donors (Lipinski definition) is 2. The summed E-state index contributed by atoms with van der Waals surface area (Å²) >= 11 is 1.59. The van der Waals surface area contributed by atoms with Crippen molar-refractivity contribution >= 4 is 11.3 Å². The van der Waals surface area contributed by atoms with Gasteiger partial charge in [-0.1, -0.05) is 30.3 Å². The molecule has 2 aromatic rings. The van der Waals surface area contributed by atoms with Crippen LogP contribution in [0, 0.1) is 6.92 Å². The number of aliphatic hydroxyl groups excluding tert-OH is 1. The van der Waals surface area contributed by atoms with Gasteiger partial charge in [-0.05, 0) is 29.5 Å². The number of aryl methyl sites for hydroxylation is 1. The van der Waals surface area contributed by atoms with E-state index in [0.29, 0.717) is 6.54 Å². The fourth-order valence-electron chi connectivity index (χ4n) is 2.02. The molecule has 3 heteroatoms. The first-order chi connectivity index (χ1) is 8.24. The first kappa shape index (κ1) is 12.3. The second-order valence-electron chi connectivity index (χ2n) is 4.17. The normalized spacial score (nSPS) is 14.5. The summed E-state index contributed by atoms with van der Waals surface area (Å²) in [6.45, 7) is 2.47. The average Bonchev–Trinajstić information content (AvgIpc) is 2.77. The summed E-state index contributed by atoms with van der Waals surface area (Å²) in [7, 11) is 0. The maximum atomic E-state index is 10.4. The summed E-state index contributed by atoms with van der Waals surface area (Å²) in [6.07, 6.45) is -0.512. The average molecular weight is 247 g/mol. The Balaban J connectivity index is 2.28. The van der Waals surface area contributed by atoms with Crippen LogP contribution in [0.4, 0.5) is 0 Å². The van der Waals surface area contributed by atoms with E-state index in [0.717, 1.165) is 16.0 Å². The van der Waals surface area contributed by atoms with Crippen molar-refractivity contribution in [3.05, 3.63) is 57.8 Å². The monoisotopic (exact) mass is 247 g/mol. The number of rotatable bonds is 4. The lowest BCUT2D eigenvalue weighted by atomic mass is 9.91. The fraction of sp³-hybridized carbons (Fsp3) is 0.286. The second kappa shape index (κ2) is 5.45. The van der Waals surface area contributed by atoms with Crippen LogP contribution in [0.25, 0.3) is 0 Å². The number of nitrogens with two attached hydrogens (primary N) is 1. The molecule has 0 aliphatic rings. The van der Waals surface area contributed by atoms with Crippen LogP contribution in [0.2, 0.25) is 0 Å². The van der Waals surface area contributed by atoms with Gasteiger partial charge in [0.15, 0.2) is 0 Å². The van der Waals surface area contributed by atoms with Crippen LogP contribution >= 0.6 is 11.3 Å². The van der Waals surface area contributed by atoms with E-state index in [2.05, 4.69) is 0 Å². The summed E-state index contributed by atoms with van der Waals surface area (Å²) in [5.41, 5.74) is 8.04. The van der Waals surface area contributed by atoms with Crippen LogP contribution in [0.5, 0.6) is 0 Å². The highest BCUT2D eigenvalue weighted by atomic mass is 32.1. The zero-order valence-electron chi connectivity index (χ0n) is 9.84. The standard InChI is InChI=1S/C14H17NOS/c1-10-7-8-17-14(10)13(16)12(9-15)11-5-3-2-4-6-11/h2-8,12-13,16H,9,15H2,1H3. The molecule has 1 heterocycles. The Morgan fingerprint density at radius 3 is 2.47 bits per heavy atom. The van der Waals surface area contributed by atoms with Gasteiger partial charge in [0, 0.05) is 17.3 Å². The predicted octanol–water partition coefficient (Wildman–Crippen LogP) is 2.83. The van der Waals surface area contributed by atoms with E-state index in [9.17, 15) is 5.11 Å². The topological polar surface area (TPSA) is 46.2 Å². The molecule has 90 valence electrons. The van der Waals surface area contributed by atoms with Crippen molar-refractivity contribution in [1.82, 2.24) is 0 Å². The lowest BCUT2D eigenvalue weighted by Crippen LogP contribution is -2.19. The molecule has 3 N–H and O–H groups in total. The SMILES string of the molecule is Cc1ccsc1C(O)C(CN)c1ccccc1. The maximum absolute atomic E-state index is 10.4. The van der Waals surface area contributed by atoms with Gasteiger partial charge in [0.05, 0.1) is 6.10 Å². The minimum Gasteiger partial charge on any atom is -0.387 e. The zero-order valence-corrected chi connectivity index (χ0v) is 10.7.